The molecule has 1 saturated heterocycles. The molecular formula is C18H16N2O3S. The second-order valence-corrected chi connectivity index (χ2v) is 6.15. The van der Waals surface area contributed by atoms with Crippen LogP contribution in [0, 0.1) is 0 Å². The van der Waals surface area contributed by atoms with Crippen molar-refractivity contribution in [3.63, 3.8) is 0 Å². The molecule has 1 aliphatic rings. The zero-order valence-corrected chi connectivity index (χ0v) is 14.1. The number of amides is 1. The highest BCUT2D eigenvalue weighted by atomic mass is 32.2. The lowest BCUT2D eigenvalue weighted by molar-refractivity contribution is -0.121. The fourth-order valence-corrected chi connectivity index (χ4v) is 3.19. The Kier molecular flexibility index (Phi) is 4.57. The highest BCUT2D eigenvalue weighted by molar-refractivity contribution is 8.18. The molecular weight excluding hydrogens is 324 g/mol. The van der Waals surface area contributed by atoms with Crippen molar-refractivity contribution >= 4 is 34.6 Å². The number of ether oxygens (including phenoxy) is 1. The number of phenols is 1. The van der Waals surface area contributed by atoms with Crippen molar-refractivity contribution in [2.45, 2.75) is 0 Å². The second kappa shape index (κ2) is 6.80. The molecule has 1 fully saturated rings. The molecule has 6 heteroatoms. The standard InChI is InChI=1S/C18H16N2O3S/c1-20-17(22)16(11-12-8-9-14(21)15(10-12)23-2)24-18(20)19-13-6-4-3-5-7-13/h3-11,21H,1-2H3. The minimum absolute atomic E-state index is 0.0634. The van der Waals surface area contributed by atoms with Gasteiger partial charge in [0.1, 0.15) is 0 Å². The molecule has 0 saturated carbocycles. The van der Waals surface area contributed by atoms with Gasteiger partial charge in [-0.15, -0.1) is 0 Å². The maximum atomic E-state index is 12.4. The smallest absolute Gasteiger partial charge is 0.266 e. The molecule has 1 aliphatic heterocycles. The molecule has 2 aromatic carbocycles. The molecule has 2 aromatic rings. The molecule has 0 bridgehead atoms. The van der Waals surface area contributed by atoms with Gasteiger partial charge >= 0.3 is 0 Å². The minimum atomic E-state index is -0.110. The summed E-state index contributed by atoms with van der Waals surface area (Å²) in [6, 6.07) is 14.5. The average molecular weight is 340 g/mol. The van der Waals surface area contributed by atoms with E-state index >= 15 is 0 Å². The first-order valence-electron chi connectivity index (χ1n) is 7.27. The Balaban J connectivity index is 1.90. The van der Waals surface area contributed by atoms with Gasteiger partial charge in [-0.1, -0.05) is 24.3 Å². The van der Waals surface area contributed by atoms with Gasteiger partial charge in [0.2, 0.25) is 0 Å². The summed E-state index contributed by atoms with van der Waals surface area (Å²) in [6.07, 6.45) is 1.76. The monoisotopic (exact) mass is 340 g/mol. The van der Waals surface area contributed by atoms with E-state index in [4.69, 9.17) is 4.74 Å². The number of phenolic OH excluding ortho intramolecular Hbond substituents is 1. The summed E-state index contributed by atoms with van der Waals surface area (Å²) < 4.78 is 5.09. The van der Waals surface area contributed by atoms with Crippen LogP contribution in [-0.4, -0.2) is 35.2 Å². The fraction of sp³-hybridized carbons (Fsp3) is 0.111. The Hall–Kier alpha value is -2.73. The van der Waals surface area contributed by atoms with E-state index < -0.39 is 0 Å². The first-order valence-corrected chi connectivity index (χ1v) is 8.08. The van der Waals surface area contributed by atoms with Crippen molar-refractivity contribution in [3.05, 3.63) is 59.0 Å². The average Bonchev–Trinajstić information content (AvgIpc) is 2.85. The van der Waals surface area contributed by atoms with Gasteiger partial charge in [0.15, 0.2) is 16.7 Å². The van der Waals surface area contributed by atoms with E-state index in [0.29, 0.717) is 15.8 Å². The quantitative estimate of drug-likeness (QED) is 0.867. The Morgan fingerprint density at radius 1 is 1.21 bits per heavy atom. The van der Waals surface area contributed by atoms with Crippen molar-refractivity contribution in [2.75, 3.05) is 14.2 Å². The highest BCUT2D eigenvalue weighted by Crippen LogP contribution is 2.34. The molecule has 1 heterocycles. The van der Waals surface area contributed by atoms with Gasteiger partial charge in [-0.25, -0.2) is 4.99 Å². The minimum Gasteiger partial charge on any atom is -0.504 e. The number of aromatic hydroxyl groups is 1. The van der Waals surface area contributed by atoms with Crippen LogP contribution in [0.15, 0.2) is 58.4 Å². The molecule has 5 nitrogen and oxygen atoms in total. The van der Waals surface area contributed by atoms with E-state index in [2.05, 4.69) is 4.99 Å². The molecule has 1 amide bonds. The lowest BCUT2D eigenvalue weighted by atomic mass is 10.2. The Labute approximate surface area is 144 Å². The predicted octanol–water partition coefficient (Wildman–Crippen LogP) is 3.63. The maximum absolute atomic E-state index is 12.4. The largest absolute Gasteiger partial charge is 0.504 e. The van der Waals surface area contributed by atoms with Crippen LogP contribution in [0.2, 0.25) is 0 Å². The Morgan fingerprint density at radius 2 is 1.96 bits per heavy atom. The number of methoxy groups -OCH3 is 1. The summed E-state index contributed by atoms with van der Waals surface area (Å²) in [7, 11) is 3.19. The van der Waals surface area contributed by atoms with Crippen LogP contribution < -0.4 is 4.74 Å². The van der Waals surface area contributed by atoms with E-state index in [0.717, 1.165) is 11.3 Å². The van der Waals surface area contributed by atoms with Gasteiger partial charge in [-0.2, -0.15) is 0 Å². The number of benzene rings is 2. The highest BCUT2D eigenvalue weighted by Gasteiger charge is 2.30. The number of carbonyl (C=O) groups excluding carboxylic acids is 1. The maximum Gasteiger partial charge on any atom is 0.266 e. The first kappa shape index (κ1) is 16.1. The number of carbonyl (C=O) groups is 1. The van der Waals surface area contributed by atoms with Gasteiger partial charge in [0.05, 0.1) is 17.7 Å². The Morgan fingerprint density at radius 3 is 2.67 bits per heavy atom. The topological polar surface area (TPSA) is 62.1 Å². The lowest BCUT2D eigenvalue weighted by Crippen LogP contribution is -2.23. The molecule has 0 unspecified atom stereocenters. The second-order valence-electron chi connectivity index (χ2n) is 5.14. The molecule has 0 atom stereocenters. The summed E-state index contributed by atoms with van der Waals surface area (Å²) in [4.78, 5) is 19.0. The summed E-state index contributed by atoms with van der Waals surface area (Å²) >= 11 is 1.32. The summed E-state index contributed by atoms with van der Waals surface area (Å²) in [5.74, 6) is 0.321. The van der Waals surface area contributed by atoms with Crippen molar-refractivity contribution in [2.24, 2.45) is 4.99 Å². The van der Waals surface area contributed by atoms with Crippen LogP contribution in [-0.2, 0) is 4.79 Å². The van der Waals surface area contributed by atoms with Gasteiger partial charge in [0.25, 0.3) is 5.91 Å². The molecule has 0 aliphatic carbocycles. The van der Waals surface area contributed by atoms with Crippen molar-refractivity contribution < 1.29 is 14.6 Å². The third kappa shape index (κ3) is 3.28. The fourth-order valence-electron chi connectivity index (χ4n) is 2.20. The summed E-state index contributed by atoms with van der Waals surface area (Å²) in [5, 5.41) is 10.3. The molecule has 0 spiro atoms. The molecule has 1 N–H and O–H groups in total. The summed E-state index contributed by atoms with van der Waals surface area (Å²) in [5.41, 5.74) is 1.57. The number of para-hydroxylation sites is 1. The van der Waals surface area contributed by atoms with Gasteiger partial charge in [0, 0.05) is 7.05 Å². The third-order valence-electron chi connectivity index (χ3n) is 3.49. The number of hydrogen-bond donors (Lipinski definition) is 1. The van der Waals surface area contributed by atoms with E-state index in [9.17, 15) is 9.90 Å². The molecule has 0 radical (unpaired) electrons. The zero-order valence-electron chi connectivity index (χ0n) is 13.3. The summed E-state index contributed by atoms with van der Waals surface area (Å²) in [6.45, 7) is 0. The number of hydrogen-bond acceptors (Lipinski definition) is 5. The van der Waals surface area contributed by atoms with E-state index in [1.165, 1.54) is 29.8 Å². The van der Waals surface area contributed by atoms with E-state index in [1.54, 1.807) is 25.3 Å². The normalized spacial score (nSPS) is 17.8. The first-order chi connectivity index (χ1) is 11.6. The number of rotatable bonds is 3. The van der Waals surface area contributed by atoms with Gasteiger partial charge < -0.3 is 9.84 Å². The van der Waals surface area contributed by atoms with Gasteiger partial charge in [-0.05, 0) is 47.7 Å². The van der Waals surface area contributed by atoms with E-state index in [1.807, 2.05) is 30.3 Å². The zero-order chi connectivity index (χ0) is 17.1. The third-order valence-corrected chi connectivity index (χ3v) is 4.55. The number of nitrogens with zero attached hydrogens (tertiary/aromatic N) is 2. The van der Waals surface area contributed by atoms with Crippen LogP contribution in [0.25, 0.3) is 6.08 Å². The van der Waals surface area contributed by atoms with Crippen molar-refractivity contribution in [1.29, 1.82) is 0 Å². The van der Waals surface area contributed by atoms with E-state index in [-0.39, 0.29) is 11.7 Å². The van der Waals surface area contributed by atoms with Gasteiger partial charge in [-0.3, -0.25) is 9.69 Å². The molecule has 0 aromatic heterocycles. The van der Waals surface area contributed by atoms with Crippen LogP contribution in [0.3, 0.4) is 0 Å². The van der Waals surface area contributed by atoms with Crippen LogP contribution in [0.1, 0.15) is 5.56 Å². The number of likely N-dealkylation sites (N-methyl/N-ethyl adjacent to an activating group) is 1. The van der Waals surface area contributed by atoms with Crippen molar-refractivity contribution in [1.82, 2.24) is 4.90 Å². The van der Waals surface area contributed by atoms with Crippen LogP contribution in [0.5, 0.6) is 11.5 Å². The molecule has 24 heavy (non-hydrogen) atoms. The molecule has 122 valence electrons. The molecule has 3 rings (SSSR count). The van der Waals surface area contributed by atoms with Crippen LogP contribution in [0.4, 0.5) is 5.69 Å². The van der Waals surface area contributed by atoms with Crippen LogP contribution >= 0.6 is 11.8 Å². The number of thioether (sulfide) groups is 1. The Bertz CT molecular complexity index is 831. The number of amidine groups is 1. The predicted molar refractivity (Wildman–Crippen MR) is 96.5 cm³/mol. The SMILES string of the molecule is COc1cc(C=C2SC(=Nc3ccccc3)N(C)C2=O)ccc1O. The number of aliphatic imine (C=N–C) groups is 1. The lowest BCUT2D eigenvalue weighted by Gasteiger charge is -2.06. The van der Waals surface area contributed by atoms with Crippen molar-refractivity contribution in [3.8, 4) is 11.5 Å².